The van der Waals surface area contributed by atoms with Crippen LogP contribution in [0.2, 0.25) is 5.02 Å². The fourth-order valence-corrected chi connectivity index (χ4v) is 3.13. The average Bonchev–Trinajstić information content (AvgIpc) is 3.04. The van der Waals surface area contributed by atoms with E-state index in [0.717, 1.165) is 11.1 Å². The van der Waals surface area contributed by atoms with Crippen molar-refractivity contribution >= 4 is 23.4 Å². The Morgan fingerprint density at radius 2 is 1.78 bits per heavy atom. The van der Waals surface area contributed by atoms with Gasteiger partial charge in [-0.15, -0.1) is 22.0 Å². The molecule has 0 amide bonds. The van der Waals surface area contributed by atoms with Gasteiger partial charge >= 0.3 is 0 Å². The third kappa shape index (κ3) is 4.13. The monoisotopic (exact) mass is 346 g/mol. The number of halogens is 1. The summed E-state index contributed by atoms with van der Waals surface area (Å²) in [6, 6.07) is 16.9. The molecule has 0 fully saturated rings. The minimum absolute atomic E-state index is 0.412. The van der Waals surface area contributed by atoms with E-state index in [1.54, 1.807) is 17.8 Å². The highest BCUT2D eigenvalue weighted by atomic mass is 35.5. The van der Waals surface area contributed by atoms with Gasteiger partial charge in [0.2, 0.25) is 11.8 Å². The molecule has 1 N–H and O–H groups in total. The van der Waals surface area contributed by atoms with E-state index in [-0.39, 0.29) is 0 Å². The number of nitrogens with zero attached hydrogens (tertiary/aromatic N) is 2. The van der Waals surface area contributed by atoms with Crippen LogP contribution in [0.4, 0.5) is 0 Å². The van der Waals surface area contributed by atoms with Gasteiger partial charge in [-0.3, -0.25) is 0 Å². The van der Waals surface area contributed by atoms with E-state index < -0.39 is 6.10 Å². The first kappa shape index (κ1) is 16.1. The Morgan fingerprint density at radius 3 is 2.57 bits per heavy atom. The van der Waals surface area contributed by atoms with Gasteiger partial charge < -0.3 is 9.52 Å². The molecular weight excluding hydrogens is 332 g/mol. The molecule has 0 aliphatic carbocycles. The Balaban J connectivity index is 1.57. The standard InChI is InChI=1S/C17H15ClN2O2S/c18-14-9-5-4-8-13(14)17-20-19-16(22-17)11-23-10-15(21)12-6-2-1-3-7-12/h1-9,15,21H,10-11H2/t15-/m0/s1. The number of aromatic nitrogens is 2. The number of benzene rings is 2. The van der Waals surface area contributed by atoms with Crippen LogP contribution in [0.5, 0.6) is 0 Å². The number of aliphatic hydroxyl groups excluding tert-OH is 1. The lowest BCUT2D eigenvalue weighted by Gasteiger charge is -2.09. The lowest BCUT2D eigenvalue weighted by Crippen LogP contribution is -2.00. The average molecular weight is 347 g/mol. The van der Waals surface area contributed by atoms with Gasteiger partial charge in [0.1, 0.15) is 0 Å². The van der Waals surface area contributed by atoms with E-state index in [9.17, 15) is 5.11 Å². The van der Waals surface area contributed by atoms with Crippen LogP contribution >= 0.6 is 23.4 Å². The highest BCUT2D eigenvalue weighted by Gasteiger charge is 2.12. The van der Waals surface area contributed by atoms with Gasteiger partial charge in [0, 0.05) is 5.75 Å². The second kappa shape index (κ2) is 7.64. The molecule has 3 aromatic rings. The molecule has 1 heterocycles. The molecule has 0 saturated carbocycles. The first-order chi connectivity index (χ1) is 11.2. The molecule has 0 bridgehead atoms. The number of thioether (sulfide) groups is 1. The highest BCUT2D eigenvalue weighted by molar-refractivity contribution is 7.98. The number of hydrogen-bond donors (Lipinski definition) is 1. The number of aliphatic hydroxyl groups is 1. The predicted molar refractivity (Wildman–Crippen MR) is 92.3 cm³/mol. The molecule has 1 aromatic heterocycles. The minimum Gasteiger partial charge on any atom is -0.420 e. The van der Waals surface area contributed by atoms with Gasteiger partial charge in [-0.2, -0.15) is 0 Å². The van der Waals surface area contributed by atoms with Crippen molar-refractivity contribution in [3.63, 3.8) is 0 Å². The van der Waals surface area contributed by atoms with Crippen molar-refractivity contribution < 1.29 is 9.52 Å². The van der Waals surface area contributed by atoms with E-state index in [1.807, 2.05) is 48.5 Å². The van der Waals surface area contributed by atoms with Crippen molar-refractivity contribution in [2.45, 2.75) is 11.9 Å². The van der Waals surface area contributed by atoms with Crippen molar-refractivity contribution in [1.82, 2.24) is 10.2 Å². The van der Waals surface area contributed by atoms with E-state index in [0.29, 0.717) is 28.3 Å². The molecule has 6 heteroatoms. The van der Waals surface area contributed by atoms with E-state index in [2.05, 4.69) is 10.2 Å². The van der Waals surface area contributed by atoms with Crippen LogP contribution in [-0.2, 0) is 5.75 Å². The second-order valence-corrected chi connectivity index (χ2v) is 6.36. The van der Waals surface area contributed by atoms with E-state index >= 15 is 0 Å². The minimum atomic E-state index is -0.507. The lowest BCUT2D eigenvalue weighted by atomic mass is 10.1. The fourth-order valence-electron chi connectivity index (χ4n) is 2.08. The second-order valence-electron chi connectivity index (χ2n) is 4.92. The van der Waals surface area contributed by atoms with Gasteiger partial charge in [-0.05, 0) is 17.7 Å². The summed E-state index contributed by atoms with van der Waals surface area (Å²) in [7, 11) is 0. The molecule has 0 radical (unpaired) electrons. The van der Waals surface area contributed by atoms with Crippen molar-refractivity contribution in [2.75, 3.05) is 5.75 Å². The third-order valence-electron chi connectivity index (χ3n) is 3.26. The zero-order chi connectivity index (χ0) is 16.1. The fraction of sp³-hybridized carbons (Fsp3) is 0.176. The van der Waals surface area contributed by atoms with Crippen molar-refractivity contribution in [3.8, 4) is 11.5 Å². The van der Waals surface area contributed by atoms with Crippen LogP contribution in [0.3, 0.4) is 0 Å². The zero-order valence-corrected chi connectivity index (χ0v) is 13.8. The van der Waals surface area contributed by atoms with Gasteiger partial charge in [-0.25, -0.2) is 0 Å². The van der Waals surface area contributed by atoms with E-state index in [4.69, 9.17) is 16.0 Å². The number of hydrogen-bond acceptors (Lipinski definition) is 5. The van der Waals surface area contributed by atoms with Crippen LogP contribution in [-0.4, -0.2) is 21.1 Å². The third-order valence-corrected chi connectivity index (χ3v) is 4.59. The van der Waals surface area contributed by atoms with Crippen LogP contribution in [0, 0.1) is 0 Å². The summed E-state index contributed by atoms with van der Waals surface area (Å²) in [6.45, 7) is 0. The van der Waals surface area contributed by atoms with Gasteiger partial charge in [0.25, 0.3) is 0 Å². The summed E-state index contributed by atoms with van der Waals surface area (Å²) in [4.78, 5) is 0. The highest BCUT2D eigenvalue weighted by Crippen LogP contribution is 2.27. The zero-order valence-electron chi connectivity index (χ0n) is 12.2. The van der Waals surface area contributed by atoms with Gasteiger partial charge in [0.05, 0.1) is 22.4 Å². The molecule has 2 aromatic carbocycles. The Morgan fingerprint density at radius 1 is 1.04 bits per heavy atom. The number of rotatable bonds is 6. The summed E-state index contributed by atoms with van der Waals surface area (Å²) in [6.07, 6.45) is -0.507. The summed E-state index contributed by atoms with van der Waals surface area (Å²) in [5, 5.41) is 18.7. The topological polar surface area (TPSA) is 59.2 Å². The molecule has 118 valence electrons. The summed E-state index contributed by atoms with van der Waals surface area (Å²) >= 11 is 7.66. The smallest absolute Gasteiger partial charge is 0.249 e. The van der Waals surface area contributed by atoms with Crippen LogP contribution in [0.15, 0.2) is 59.0 Å². The molecule has 0 aliphatic heterocycles. The van der Waals surface area contributed by atoms with Crippen molar-refractivity contribution in [1.29, 1.82) is 0 Å². The maximum Gasteiger partial charge on any atom is 0.249 e. The Bertz CT molecular complexity index is 764. The van der Waals surface area contributed by atoms with Crippen molar-refractivity contribution in [2.24, 2.45) is 0 Å². The molecule has 4 nitrogen and oxygen atoms in total. The van der Waals surface area contributed by atoms with E-state index in [1.165, 1.54) is 0 Å². The quantitative estimate of drug-likeness (QED) is 0.718. The molecule has 0 unspecified atom stereocenters. The van der Waals surface area contributed by atoms with Crippen molar-refractivity contribution in [3.05, 3.63) is 71.1 Å². The lowest BCUT2D eigenvalue weighted by molar-refractivity contribution is 0.204. The van der Waals surface area contributed by atoms with Gasteiger partial charge in [0.15, 0.2) is 0 Å². The maximum absolute atomic E-state index is 10.1. The SMILES string of the molecule is O[C@@H](CSCc1nnc(-c2ccccc2Cl)o1)c1ccccc1. The normalized spacial score (nSPS) is 12.3. The molecular formula is C17H15ClN2O2S. The largest absolute Gasteiger partial charge is 0.420 e. The maximum atomic E-state index is 10.1. The molecule has 3 rings (SSSR count). The molecule has 0 saturated heterocycles. The Kier molecular flexibility index (Phi) is 5.33. The molecule has 0 aliphatic rings. The molecule has 23 heavy (non-hydrogen) atoms. The molecule has 1 atom stereocenters. The predicted octanol–water partition coefficient (Wildman–Crippen LogP) is 4.36. The Labute approximate surface area is 143 Å². The van der Waals surface area contributed by atoms with Crippen LogP contribution in [0.25, 0.3) is 11.5 Å². The van der Waals surface area contributed by atoms with Crippen LogP contribution < -0.4 is 0 Å². The summed E-state index contributed by atoms with van der Waals surface area (Å²) < 4.78 is 5.63. The van der Waals surface area contributed by atoms with Gasteiger partial charge in [-0.1, -0.05) is 54.1 Å². The first-order valence-corrected chi connectivity index (χ1v) is 8.65. The van der Waals surface area contributed by atoms with Crippen LogP contribution in [0.1, 0.15) is 17.6 Å². The molecule has 0 spiro atoms. The Hall–Kier alpha value is -1.82. The summed E-state index contributed by atoms with van der Waals surface area (Å²) in [5.74, 6) is 2.04. The summed E-state index contributed by atoms with van der Waals surface area (Å²) in [5.41, 5.74) is 1.63. The first-order valence-electron chi connectivity index (χ1n) is 7.12.